The van der Waals surface area contributed by atoms with Crippen molar-refractivity contribution in [3.63, 3.8) is 0 Å². The number of nitro benzene ring substituents is 1. The summed E-state index contributed by atoms with van der Waals surface area (Å²) in [6, 6.07) is 5.34. The van der Waals surface area contributed by atoms with Gasteiger partial charge in [0.05, 0.1) is 18.1 Å². The molecule has 0 fully saturated rings. The Morgan fingerprint density at radius 3 is 2.74 bits per heavy atom. The van der Waals surface area contributed by atoms with Crippen LogP contribution in [0.4, 0.5) is 5.69 Å². The molecule has 5 heteroatoms. The zero-order chi connectivity index (χ0) is 14.3. The molecule has 0 aliphatic carbocycles. The van der Waals surface area contributed by atoms with Gasteiger partial charge in [0.25, 0.3) is 5.69 Å². The van der Waals surface area contributed by atoms with Crippen LogP contribution in [-0.2, 0) is 6.42 Å². The summed E-state index contributed by atoms with van der Waals surface area (Å²) in [6.07, 6.45) is 2.86. The van der Waals surface area contributed by atoms with E-state index in [1.165, 1.54) is 13.2 Å². The summed E-state index contributed by atoms with van der Waals surface area (Å²) in [7, 11) is 1.52. The Hall–Kier alpha value is -1.62. The maximum absolute atomic E-state index is 10.8. The van der Waals surface area contributed by atoms with Crippen molar-refractivity contribution in [3.8, 4) is 5.75 Å². The van der Waals surface area contributed by atoms with E-state index in [0.29, 0.717) is 11.8 Å². The summed E-state index contributed by atoms with van der Waals surface area (Å²) < 4.78 is 5.10. The molecule has 1 atom stereocenters. The van der Waals surface area contributed by atoms with Gasteiger partial charge in [-0.2, -0.15) is 0 Å². The Morgan fingerprint density at radius 1 is 1.42 bits per heavy atom. The van der Waals surface area contributed by atoms with Crippen LogP contribution in [0.5, 0.6) is 5.75 Å². The lowest BCUT2D eigenvalue weighted by molar-refractivity contribution is -0.385. The van der Waals surface area contributed by atoms with Crippen LogP contribution in [0.1, 0.15) is 32.3 Å². The minimum Gasteiger partial charge on any atom is -0.496 e. The van der Waals surface area contributed by atoms with E-state index in [4.69, 9.17) is 4.74 Å². The molecule has 0 heterocycles. The number of hydrogen-bond donors (Lipinski definition) is 1. The number of nitrogens with one attached hydrogen (secondary N) is 1. The van der Waals surface area contributed by atoms with Gasteiger partial charge in [-0.1, -0.05) is 6.92 Å². The zero-order valence-electron chi connectivity index (χ0n) is 11.8. The standard InChI is InChI=1S/C14H22N2O3/c1-4-7-15-11(2)5-6-12-8-13(16(17)18)10-14(9-12)19-3/h8-11,15H,4-7H2,1-3H3. The Balaban J connectivity index is 2.66. The van der Waals surface area contributed by atoms with E-state index in [-0.39, 0.29) is 10.6 Å². The summed E-state index contributed by atoms with van der Waals surface area (Å²) in [5.41, 5.74) is 1.03. The van der Waals surface area contributed by atoms with Gasteiger partial charge in [-0.25, -0.2) is 0 Å². The highest BCUT2D eigenvalue weighted by molar-refractivity contribution is 5.42. The van der Waals surface area contributed by atoms with Crippen LogP contribution in [-0.4, -0.2) is 24.6 Å². The number of aryl methyl sites for hydroxylation is 1. The molecular weight excluding hydrogens is 244 g/mol. The molecule has 0 spiro atoms. The first-order valence-electron chi connectivity index (χ1n) is 6.62. The third-order valence-electron chi connectivity index (χ3n) is 3.01. The van der Waals surface area contributed by atoms with E-state index < -0.39 is 0 Å². The highest BCUT2D eigenvalue weighted by atomic mass is 16.6. The Morgan fingerprint density at radius 2 is 2.16 bits per heavy atom. The number of nitrogens with zero attached hydrogens (tertiary/aromatic N) is 1. The number of benzene rings is 1. The first-order valence-corrected chi connectivity index (χ1v) is 6.62. The molecular formula is C14H22N2O3. The molecule has 0 radical (unpaired) electrons. The van der Waals surface area contributed by atoms with Crippen molar-refractivity contribution in [1.29, 1.82) is 0 Å². The summed E-state index contributed by atoms with van der Waals surface area (Å²) in [6.45, 7) is 5.26. The highest BCUT2D eigenvalue weighted by Crippen LogP contribution is 2.23. The second-order valence-corrected chi connectivity index (χ2v) is 4.69. The minimum absolute atomic E-state index is 0.0866. The lowest BCUT2D eigenvalue weighted by atomic mass is 10.0. The molecule has 0 saturated carbocycles. The van der Waals surface area contributed by atoms with Gasteiger partial charge in [-0.3, -0.25) is 10.1 Å². The first kappa shape index (κ1) is 15.4. The third-order valence-corrected chi connectivity index (χ3v) is 3.01. The van der Waals surface area contributed by atoms with Crippen molar-refractivity contribution in [2.24, 2.45) is 0 Å². The summed E-state index contributed by atoms with van der Waals surface area (Å²) in [5, 5.41) is 14.2. The second-order valence-electron chi connectivity index (χ2n) is 4.69. The fourth-order valence-corrected chi connectivity index (χ4v) is 1.89. The Kier molecular flexibility index (Phi) is 6.29. The van der Waals surface area contributed by atoms with Crippen molar-refractivity contribution >= 4 is 5.69 Å². The highest BCUT2D eigenvalue weighted by Gasteiger charge is 2.11. The van der Waals surface area contributed by atoms with Gasteiger partial charge in [0.1, 0.15) is 5.75 Å². The van der Waals surface area contributed by atoms with Crippen molar-refractivity contribution in [2.75, 3.05) is 13.7 Å². The van der Waals surface area contributed by atoms with E-state index in [1.807, 2.05) is 6.07 Å². The Labute approximate surface area is 114 Å². The van der Waals surface area contributed by atoms with Crippen molar-refractivity contribution in [3.05, 3.63) is 33.9 Å². The van der Waals surface area contributed by atoms with Gasteiger partial charge in [0, 0.05) is 12.1 Å². The number of nitro groups is 1. The molecule has 0 saturated heterocycles. The normalized spacial score (nSPS) is 12.2. The van der Waals surface area contributed by atoms with E-state index in [2.05, 4.69) is 19.2 Å². The lowest BCUT2D eigenvalue weighted by Crippen LogP contribution is -2.27. The minimum atomic E-state index is -0.384. The third kappa shape index (κ3) is 5.26. The zero-order valence-corrected chi connectivity index (χ0v) is 11.8. The van der Waals surface area contributed by atoms with Gasteiger partial charge >= 0.3 is 0 Å². The predicted octanol–water partition coefficient (Wildman–Crippen LogP) is 2.92. The molecule has 1 aromatic carbocycles. The average molecular weight is 266 g/mol. The molecule has 0 aromatic heterocycles. The molecule has 0 aliphatic rings. The molecule has 1 rings (SSSR count). The lowest BCUT2D eigenvalue weighted by Gasteiger charge is -2.13. The maximum atomic E-state index is 10.8. The van der Waals surface area contributed by atoms with Crippen LogP contribution in [0, 0.1) is 10.1 Å². The number of non-ortho nitro benzene ring substituents is 1. The predicted molar refractivity (Wildman–Crippen MR) is 75.7 cm³/mol. The molecule has 1 unspecified atom stereocenters. The molecule has 0 bridgehead atoms. The average Bonchev–Trinajstić information content (AvgIpc) is 2.42. The SMILES string of the molecule is CCCNC(C)CCc1cc(OC)cc([N+](=O)[O-])c1. The van der Waals surface area contributed by atoms with Crippen LogP contribution < -0.4 is 10.1 Å². The van der Waals surface area contributed by atoms with Gasteiger partial charge < -0.3 is 10.1 Å². The van der Waals surface area contributed by atoms with Crippen molar-refractivity contribution < 1.29 is 9.66 Å². The fourth-order valence-electron chi connectivity index (χ4n) is 1.89. The van der Waals surface area contributed by atoms with E-state index in [1.54, 1.807) is 6.07 Å². The van der Waals surface area contributed by atoms with Crippen LogP contribution in [0.2, 0.25) is 0 Å². The van der Waals surface area contributed by atoms with Crippen LogP contribution >= 0.6 is 0 Å². The number of rotatable bonds is 8. The van der Waals surface area contributed by atoms with Crippen molar-refractivity contribution in [2.45, 2.75) is 39.2 Å². The molecule has 0 aliphatic heterocycles. The van der Waals surface area contributed by atoms with Gasteiger partial charge in [-0.15, -0.1) is 0 Å². The van der Waals surface area contributed by atoms with Crippen LogP contribution in [0.25, 0.3) is 0 Å². The summed E-state index contributed by atoms with van der Waals surface area (Å²) in [4.78, 5) is 10.5. The number of ether oxygens (including phenoxy) is 1. The molecule has 1 N–H and O–H groups in total. The van der Waals surface area contributed by atoms with Crippen LogP contribution in [0.3, 0.4) is 0 Å². The quantitative estimate of drug-likeness (QED) is 0.580. The molecule has 1 aromatic rings. The van der Waals surface area contributed by atoms with Gasteiger partial charge in [-0.05, 0) is 44.4 Å². The summed E-state index contributed by atoms with van der Waals surface area (Å²) in [5.74, 6) is 0.540. The largest absolute Gasteiger partial charge is 0.496 e. The number of hydrogen-bond acceptors (Lipinski definition) is 4. The summed E-state index contributed by atoms with van der Waals surface area (Å²) >= 11 is 0. The fraction of sp³-hybridized carbons (Fsp3) is 0.571. The van der Waals surface area contributed by atoms with Gasteiger partial charge in [0.15, 0.2) is 0 Å². The van der Waals surface area contributed by atoms with Crippen LogP contribution in [0.15, 0.2) is 18.2 Å². The number of methoxy groups -OCH3 is 1. The van der Waals surface area contributed by atoms with Gasteiger partial charge in [0.2, 0.25) is 0 Å². The monoisotopic (exact) mass is 266 g/mol. The Bertz CT molecular complexity index is 421. The topological polar surface area (TPSA) is 64.4 Å². The van der Waals surface area contributed by atoms with E-state index >= 15 is 0 Å². The van der Waals surface area contributed by atoms with E-state index in [0.717, 1.165) is 31.4 Å². The maximum Gasteiger partial charge on any atom is 0.273 e. The second kappa shape index (κ2) is 7.74. The first-order chi connectivity index (χ1) is 9.06. The van der Waals surface area contributed by atoms with Crippen molar-refractivity contribution in [1.82, 2.24) is 5.32 Å². The molecule has 106 valence electrons. The molecule has 0 amide bonds. The molecule has 5 nitrogen and oxygen atoms in total. The molecule has 19 heavy (non-hydrogen) atoms. The van der Waals surface area contributed by atoms with E-state index in [9.17, 15) is 10.1 Å². The smallest absolute Gasteiger partial charge is 0.273 e.